The van der Waals surface area contributed by atoms with Crippen molar-refractivity contribution >= 4 is 28.2 Å². The van der Waals surface area contributed by atoms with Crippen LogP contribution >= 0.6 is 0 Å². The lowest BCUT2D eigenvalue weighted by molar-refractivity contribution is -0.144. The molecule has 8 rings (SSSR count). The minimum absolute atomic E-state index is 0.0288. The summed E-state index contributed by atoms with van der Waals surface area (Å²) in [6.07, 6.45) is 12.3. The van der Waals surface area contributed by atoms with Gasteiger partial charge in [0.1, 0.15) is 6.04 Å². The van der Waals surface area contributed by atoms with Gasteiger partial charge in [-0.05, 0) is 113 Å². The molecule has 260 valence electrons. The highest BCUT2D eigenvalue weighted by molar-refractivity contribution is 6.18. The van der Waals surface area contributed by atoms with Crippen molar-refractivity contribution in [2.45, 2.75) is 122 Å². The SMILES string of the molecule is C=C(C)[C@H]1C(=O)c2c3c(cc4c5c(n1c24)[C@@]1(C)C(CC[C@H]2[C@](C)(/C=C/C=C\C(N)=O)[C@@H](O)CC[C@@]21C)C5)C1=CC(C)(C)OC(C)(C)C1[C@@H]3O. The van der Waals surface area contributed by atoms with Gasteiger partial charge in [-0.25, -0.2) is 0 Å². The van der Waals surface area contributed by atoms with E-state index in [1.807, 2.05) is 13.0 Å². The maximum Gasteiger partial charge on any atom is 0.241 e. The van der Waals surface area contributed by atoms with Gasteiger partial charge in [0.15, 0.2) is 5.78 Å². The first-order chi connectivity index (χ1) is 22.8. The Morgan fingerprint density at radius 3 is 2.47 bits per heavy atom. The smallest absolute Gasteiger partial charge is 0.241 e. The van der Waals surface area contributed by atoms with Crippen LogP contribution in [0.4, 0.5) is 0 Å². The van der Waals surface area contributed by atoms with Crippen molar-refractivity contribution in [3.05, 3.63) is 76.5 Å². The van der Waals surface area contributed by atoms with Gasteiger partial charge in [0, 0.05) is 39.5 Å². The predicted octanol–water partition coefficient (Wildman–Crippen LogP) is 7.19. The number of benzene rings is 1. The molecule has 49 heavy (non-hydrogen) atoms. The summed E-state index contributed by atoms with van der Waals surface area (Å²) in [7, 11) is 0. The van der Waals surface area contributed by atoms with Crippen molar-refractivity contribution in [2.75, 3.05) is 0 Å². The van der Waals surface area contributed by atoms with Gasteiger partial charge in [0.25, 0.3) is 0 Å². The number of rotatable bonds is 4. The zero-order valence-corrected chi connectivity index (χ0v) is 30.3. The Hall–Kier alpha value is -3.26. The van der Waals surface area contributed by atoms with Crippen LogP contribution < -0.4 is 5.73 Å². The lowest BCUT2D eigenvalue weighted by Crippen LogP contribution is -2.62. The average Bonchev–Trinajstić information content (AvgIpc) is 3.66. The standard InChI is InChI=1S/C42H52N2O5/c1-21(2)33-36(48)31-30-23(26-20-38(3,4)49-39(5,6)32(26)35(30)47)19-24-25-18-22-13-14-27-40(7,16-11-10-12-29(43)46)28(45)15-17-41(27,8)42(22,9)37(25)44(33)34(24)31/h10-12,16,19-20,22,27-28,32-33,35,45,47H,1,13-15,17-18H2,2-9H3,(H2,43,46)/b12-10-,16-11+/t22?,27-,28-,32?,33-,35+,40-,41-,42+/m0/s1. The number of allylic oxidation sites excluding steroid dienone is 3. The number of aromatic nitrogens is 1. The Kier molecular flexibility index (Phi) is 6.69. The van der Waals surface area contributed by atoms with Gasteiger partial charge in [-0.3, -0.25) is 9.59 Å². The van der Waals surface area contributed by atoms with E-state index in [4.69, 9.17) is 10.5 Å². The summed E-state index contributed by atoms with van der Waals surface area (Å²) < 4.78 is 8.87. The van der Waals surface area contributed by atoms with Crippen LogP contribution in [0.3, 0.4) is 0 Å². The molecule has 1 aromatic heterocycles. The molecule has 7 nitrogen and oxygen atoms in total. The monoisotopic (exact) mass is 664 g/mol. The summed E-state index contributed by atoms with van der Waals surface area (Å²) in [6, 6.07) is 1.77. The fraction of sp³-hybridized carbons (Fsp3) is 0.571. The highest BCUT2D eigenvalue weighted by Gasteiger charge is 2.67. The summed E-state index contributed by atoms with van der Waals surface area (Å²) >= 11 is 0. The number of ketones is 1. The summed E-state index contributed by atoms with van der Waals surface area (Å²) in [6.45, 7) is 21.6. The van der Waals surface area contributed by atoms with Crippen LogP contribution in [0.15, 0.2) is 48.6 Å². The van der Waals surface area contributed by atoms with Gasteiger partial charge in [0.2, 0.25) is 5.91 Å². The van der Waals surface area contributed by atoms with E-state index in [2.05, 4.69) is 77.8 Å². The van der Waals surface area contributed by atoms with Gasteiger partial charge in [0.05, 0.1) is 34.5 Å². The maximum absolute atomic E-state index is 14.8. The van der Waals surface area contributed by atoms with E-state index < -0.39 is 40.8 Å². The molecule has 6 aliphatic rings. The first-order valence-corrected chi connectivity index (χ1v) is 18.2. The lowest BCUT2D eigenvalue weighted by atomic mass is 9.40. The highest BCUT2D eigenvalue weighted by atomic mass is 16.5. The molecular weight excluding hydrogens is 612 g/mol. The summed E-state index contributed by atoms with van der Waals surface area (Å²) in [5.74, 6) is -0.176. The second-order valence-corrected chi connectivity index (χ2v) is 17.9. The first kappa shape index (κ1) is 32.9. The van der Waals surface area contributed by atoms with Gasteiger partial charge in [-0.1, -0.05) is 51.2 Å². The molecule has 4 N–H and O–H groups in total. The van der Waals surface area contributed by atoms with Crippen LogP contribution in [0.25, 0.3) is 16.5 Å². The molecule has 1 amide bonds. The highest BCUT2D eigenvalue weighted by Crippen LogP contribution is 2.71. The van der Waals surface area contributed by atoms with E-state index in [0.29, 0.717) is 17.9 Å². The Morgan fingerprint density at radius 1 is 1.08 bits per heavy atom. The molecule has 0 bridgehead atoms. The zero-order chi connectivity index (χ0) is 35.4. The number of primary amides is 1. The molecule has 9 atom stereocenters. The molecule has 2 saturated carbocycles. The third kappa shape index (κ3) is 3.96. The third-order valence-electron chi connectivity index (χ3n) is 14.4. The molecule has 0 saturated heterocycles. The maximum atomic E-state index is 14.8. The summed E-state index contributed by atoms with van der Waals surface area (Å²) in [4.78, 5) is 26.2. The van der Waals surface area contributed by atoms with Crippen LogP contribution in [0.2, 0.25) is 0 Å². The van der Waals surface area contributed by atoms with Crippen molar-refractivity contribution in [1.29, 1.82) is 0 Å². The molecule has 4 aliphatic carbocycles. The lowest BCUT2D eigenvalue weighted by Gasteiger charge is -2.64. The number of ether oxygens (including phenoxy) is 1. The minimum atomic E-state index is -0.853. The van der Waals surface area contributed by atoms with Gasteiger partial charge in [-0.2, -0.15) is 0 Å². The number of nitrogens with two attached hydrogens (primary N) is 1. The van der Waals surface area contributed by atoms with Gasteiger partial charge < -0.3 is 25.3 Å². The number of hydrogen-bond acceptors (Lipinski definition) is 5. The molecule has 7 heteroatoms. The van der Waals surface area contributed by atoms with Crippen LogP contribution in [0.1, 0.15) is 126 Å². The molecule has 3 heterocycles. The third-order valence-corrected chi connectivity index (χ3v) is 14.4. The molecule has 2 unspecified atom stereocenters. The Balaban J connectivity index is 1.37. The van der Waals surface area contributed by atoms with Crippen molar-refractivity contribution in [1.82, 2.24) is 4.57 Å². The molecule has 2 aromatic rings. The molecular formula is C42H52N2O5. The van der Waals surface area contributed by atoms with E-state index in [0.717, 1.165) is 58.9 Å². The van der Waals surface area contributed by atoms with Gasteiger partial charge >= 0.3 is 0 Å². The molecule has 0 radical (unpaired) electrons. The van der Waals surface area contributed by atoms with Crippen LogP contribution in [-0.2, 0) is 21.4 Å². The number of carbonyl (C=O) groups is 2. The minimum Gasteiger partial charge on any atom is -0.392 e. The first-order valence-electron chi connectivity index (χ1n) is 18.2. The van der Waals surface area contributed by atoms with E-state index in [1.165, 1.54) is 17.3 Å². The number of aliphatic hydroxyl groups is 2. The molecule has 0 spiro atoms. The number of nitrogens with zero attached hydrogens (tertiary/aromatic N) is 1. The van der Waals surface area contributed by atoms with Crippen molar-refractivity contribution in [3.63, 3.8) is 0 Å². The number of fused-ring (bicyclic) bond motifs is 11. The zero-order valence-electron chi connectivity index (χ0n) is 30.3. The Labute approximate surface area is 290 Å². The fourth-order valence-corrected chi connectivity index (χ4v) is 12.5. The van der Waals surface area contributed by atoms with Crippen molar-refractivity contribution < 1.29 is 24.5 Å². The van der Waals surface area contributed by atoms with Gasteiger partial charge in [-0.15, -0.1) is 0 Å². The average molecular weight is 665 g/mol. The number of carbonyl (C=O) groups excluding carboxylic acids is 2. The predicted molar refractivity (Wildman–Crippen MR) is 192 cm³/mol. The second kappa shape index (κ2) is 9.95. The Bertz CT molecular complexity index is 1970. The van der Waals surface area contributed by atoms with E-state index in [-0.39, 0.29) is 28.4 Å². The van der Waals surface area contributed by atoms with Crippen LogP contribution in [-0.4, -0.2) is 43.8 Å². The number of aliphatic hydroxyl groups excluding tert-OH is 2. The topological polar surface area (TPSA) is 115 Å². The van der Waals surface area contributed by atoms with Crippen molar-refractivity contribution in [3.8, 4) is 0 Å². The molecule has 2 fully saturated rings. The normalized spacial score (nSPS) is 39.6. The summed E-state index contributed by atoms with van der Waals surface area (Å²) in [5.41, 5.74) is 11.1. The van der Waals surface area contributed by atoms with E-state index >= 15 is 0 Å². The second-order valence-electron chi connectivity index (χ2n) is 17.9. The number of amides is 1. The summed E-state index contributed by atoms with van der Waals surface area (Å²) in [5, 5.41) is 24.9. The molecule has 1 aromatic carbocycles. The van der Waals surface area contributed by atoms with Crippen LogP contribution in [0, 0.1) is 28.6 Å². The quantitative estimate of drug-likeness (QED) is 0.182. The fourth-order valence-electron chi connectivity index (χ4n) is 12.5. The number of Topliss-reactive ketones (excluding diaryl/α,β-unsaturated/α-hetero) is 1. The molecule has 2 aliphatic heterocycles. The number of hydrogen-bond donors (Lipinski definition) is 3. The van der Waals surface area contributed by atoms with E-state index in [1.54, 1.807) is 6.08 Å². The van der Waals surface area contributed by atoms with E-state index in [9.17, 15) is 19.8 Å². The largest absolute Gasteiger partial charge is 0.392 e. The van der Waals surface area contributed by atoms with Crippen molar-refractivity contribution in [2.24, 2.45) is 34.3 Å². The van der Waals surface area contributed by atoms with Crippen LogP contribution in [0.5, 0.6) is 0 Å². The Morgan fingerprint density at radius 2 is 1.80 bits per heavy atom.